The molecule has 4 rings (SSSR count). The molecule has 2 aromatic heterocycles. The third kappa shape index (κ3) is 3.75. The molecule has 0 bridgehead atoms. The number of ether oxygens (including phenoxy) is 1. The molecule has 0 spiro atoms. The van der Waals surface area contributed by atoms with Crippen molar-refractivity contribution in [3.63, 3.8) is 0 Å². The lowest BCUT2D eigenvalue weighted by Gasteiger charge is -2.35. The van der Waals surface area contributed by atoms with E-state index in [-0.39, 0.29) is 18.1 Å². The van der Waals surface area contributed by atoms with Gasteiger partial charge in [-0.2, -0.15) is 0 Å². The Kier molecular flexibility index (Phi) is 4.81. The minimum atomic E-state index is -0.352. The lowest BCUT2D eigenvalue weighted by molar-refractivity contribution is -0.144. The van der Waals surface area contributed by atoms with Gasteiger partial charge in [0.2, 0.25) is 5.91 Å². The van der Waals surface area contributed by atoms with Crippen LogP contribution in [0.15, 0.2) is 47.3 Å². The number of pyridine rings is 1. The Bertz CT molecular complexity index is 689. The number of nitrogens with one attached hydrogen (secondary N) is 1. The van der Waals surface area contributed by atoms with Crippen molar-refractivity contribution in [3.8, 4) is 0 Å². The SMILES string of the molecule is O=C(NCc1ccco1)[C@@H]1CC[C@@H]2[C@@H](CCN2Cc2cccnc2)O1. The average Bonchev–Trinajstić information content (AvgIpc) is 3.30. The number of rotatable bonds is 5. The van der Waals surface area contributed by atoms with Gasteiger partial charge < -0.3 is 14.5 Å². The van der Waals surface area contributed by atoms with Gasteiger partial charge in [-0.15, -0.1) is 0 Å². The van der Waals surface area contributed by atoms with E-state index in [1.54, 1.807) is 12.5 Å². The fraction of sp³-hybridized carbons (Fsp3) is 0.474. The largest absolute Gasteiger partial charge is 0.467 e. The Morgan fingerprint density at radius 1 is 1.28 bits per heavy atom. The number of hydrogen-bond donors (Lipinski definition) is 1. The first kappa shape index (κ1) is 16.3. The summed E-state index contributed by atoms with van der Waals surface area (Å²) >= 11 is 0. The molecule has 25 heavy (non-hydrogen) atoms. The number of amides is 1. The van der Waals surface area contributed by atoms with Gasteiger partial charge in [0, 0.05) is 31.5 Å². The monoisotopic (exact) mass is 341 g/mol. The molecule has 2 aliphatic heterocycles. The smallest absolute Gasteiger partial charge is 0.249 e. The summed E-state index contributed by atoms with van der Waals surface area (Å²) in [5, 5.41) is 2.91. The number of furan rings is 1. The van der Waals surface area contributed by atoms with Crippen molar-refractivity contribution >= 4 is 5.91 Å². The molecule has 1 amide bonds. The highest BCUT2D eigenvalue weighted by Crippen LogP contribution is 2.32. The van der Waals surface area contributed by atoms with Crippen LogP contribution in [0, 0.1) is 0 Å². The molecular formula is C19H23N3O3. The maximum atomic E-state index is 12.4. The Morgan fingerprint density at radius 3 is 3.04 bits per heavy atom. The molecule has 2 aromatic rings. The topological polar surface area (TPSA) is 67.6 Å². The van der Waals surface area contributed by atoms with Crippen LogP contribution in [0.4, 0.5) is 0 Å². The molecule has 0 aliphatic carbocycles. The molecule has 0 unspecified atom stereocenters. The Morgan fingerprint density at radius 2 is 2.24 bits per heavy atom. The number of fused-ring (bicyclic) bond motifs is 1. The summed E-state index contributed by atoms with van der Waals surface area (Å²) in [6, 6.07) is 8.15. The van der Waals surface area contributed by atoms with Crippen LogP contribution >= 0.6 is 0 Å². The number of carbonyl (C=O) groups excluding carboxylic acids is 1. The number of likely N-dealkylation sites (tertiary alicyclic amines) is 1. The van der Waals surface area contributed by atoms with Gasteiger partial charge in [0.1, 0.15) is 11.9 Å². The number of carbonyl (C=O) groups is 1. The summed E-state index contributed by atoms with van der Waals surface area (Å²) < 4.78 is 11.4. The second-order valence-corrected chi connectivity index (χ2v) is 6.73. The summed E-state index contributed by atoms with van der Waals surface area (Å²) in [4.78, 5) is 19.0. The van der Waals surface area contributed by atoms with Gasteiger partial charge in [-0.25, -0.2) is 0 Å². The molecular weight excluding hydrogens is 318 g/mol. The Balaban J connectivity index is 1.30. The van der Waals surface area contributed by atoms with Crippen LogP contribution in [-0.2, 0) is 22.6 Å². The molecule has 2 saturated heterocycles. The van der Waals surface area contributed by atoms with Gasteiger partial charge >= 0.3 is 0 Å². The molecule has 2 aliphatic rings. The zero-order valence-electron chi connectivity index (χ0n) is 14.1. The van der Waals surface area contributed by atoms with E-state index in [0.29, 0.717) is 12.6 Å². The fourth-order valence-electron chi connectivity index (χ4n) is 3.83. The van der Waals surface area contributed by atoms with Crippen molar-refractivity contribution in [3.05, 3.63) is 54.2 Å². The number of nitrogens with zero attached hydrogens (tertiary/aromatic N) is 2. The van der Waals surface area contributed by atoms with Crippen LogP contribution in [0.5, 0.6) is 0 Å². The van der Waals surface area contributed by atoms with E-state index in [1.165, 1.54) is 5.56 Å². The highest BCUT2D eigenvalue weighted by molar-refractivity contribution is 5.80. The highest BCUT2D eigenvalue weighted by atomic mass is 16.5. The quantitative estimate of drug-likeness (QED) is 0.902. The Hall–Kier alpha value is -2.18. The van der Waals surface area contributed by atoms with Gasteiger partial charge in [0.05, 0.1) is 18.9 Å². The predicted molar refractivity (Wildman–Crippen MR) is 91.5 cm³/mol. The lowest BCUT2D eigenvalue weighted by atomic mass is 9.98. The fourth-order valence-corrected chi connectivity index (χ4v) is 3.83. The van der Waals surface area contributed by atoms with Crippen LogP contribution in [-0.4, -0.2) is 40.6 Å². The van der Waals surface area contributed by atoms with Crippen LogP contribution in [0.2, 0.25) is 0 Å². The molecule has 6 nitrogen and oxygen atoms in total. The molecule has 0 radical (unpaired) electrons. The van der Waals surface area contributed by atoms with E-state index < -0.39 is 0 Å². The highest BCUT2D eigenvalue weighted by Gasteiger charge is 2.41. The van der Waals surface area contributed by atoms with Crippen molar-refractivity contribution < 1.29 is 13.9 Å². The van der Waals surface area contributed by atoms with Crippen LogP contribution < -0.4 is 5.32 Å². The molecule has 0 saturated carbocycles. The maximum Gasteiger partial charge on any atom is 0.249 e. The normalized spacial score (nSPS) is 26.3. The van der Waals surface area contributed by atoms with E-state index in [2.05, 4.69) is 21.3 Å². The predicted octanol–water partition coefficient (Wildman–Crippen LogP) is 2.11. The first-order valence-electron chi connectivity index (χ1n) is 8.88. The van der Waals surface area contributed by atoms with E-state index in [9.17, 15) is 4.79 Å². The molecule has 0 aromatic carbocycles. The van der Waals surface area contributed by atoms with E-state index in [4.69, 9.17) is 9.15 Å². The van der Waals surface area contributed by atoms with Crippen LogP contribution in [0.1, 0.15) is 30.6 Å². The molecule has 3 atom stereocenters. The van der Waals surface area contributed by atoms with Gasteiger partial charge in [0.25, 0.3) is 0 Å². The standard InChI is InChI=1S/C19H23N3O3/c23-19(21-12-15-4-2-10-24-15)18-6-5-16-17(25-18)7-9-22(16)13-14-3-1-8-20-11-14/h1-4,8,10-11,16-18H,5-7,9,12-13H2,(H,21,23)/t16-,17-,18+/m1/s1. The second-order valence-electron chi connectivity index (χ2n) is 6.73. The summed E-state index contributed by atoms with van der Waals surface area (Å²) in [5.41, 5.74) is 1.22. The van der Waals surface area contributed by atoms with Crippen molar-refractivity contribution in [2.75, 3.05) is 6.54 Å². The molecule has 4 heterocycles. The zero-order valence-corrected chi connectivity index (χ0v) is 14.1. The molecule has 132 valence electrons. The Labute approximate surface area is 147 Å². The molecule has 6 heteroatoms. The van der Waals surface area contributed by atoms with Gasteiger partial charge in [-0.3, -0.25) is 14.7 Å². The number of hydrogen-bond acceptors (Lipinski definition) is 5. The molecule has 1 N–H and O–H groups in total. The lowest BCUT2D eigenvalue weighted by Crippen LogP contribution is -2.47. The third-order valence-corrected chi connectivity index (χ3v) is 5.08. The van der Waals surface area contributed by atoms with Crippen LogP contribution in [0.3, 0.4) is 0 Å². The first-order chi connectivity index (χ1) is 12.3. The van der Waals surface area contributed by atoms with E-state index in [1.807, 2.05) is 24.4 Å². The van der Waals surface area contributed by atoms with Gasteiger partial charge in [0.15, 0.2) is 0 Å². The van der Waals surface area contributed by atoms with Crippen molar-refractivity contribution in [1.29, 1.82) is 0 Å². The zero-order chi connectivity index (χ0) is 17.1. The average molecular weight is 341 g/mol. The minimum Gasteiger partial charge on any atom is -0.467 e. The van der Waals surface area contributed by atoms with Crippen molar-refractivity contribution in [2.45, 2.75) is 50.6 Å². The third-order valence-electron chi connectivity index (χ3n) is 5.08. The summed E-state index contributed by atoms with van der Waals surface area (Å²) in [6.07, 6.45) is 7.84. The van der Waals surface area contributed by atoms with Crippen LogP contribution in [0.25, 0.3) is 0 Å². The van der Waals surface area contributed by atoms with E-state index in [0.717, 1.165) is 38.1 Å². The van der Waals surface area contributed by atoms with Crippen molar-refractivity contribution in [1.82, 2.24) is 15.2 Å². The summed E-state index contributed by atoms with van der Waals surface area (Å²) in [5.74, 6) is 0.714. The maximum absolute atomic E-state index is 12.4. The minimum absolute atomic E-state index is 0.0411. The van der Waals surface area contributed by atoms with E-state index >= 15 is 0 Å². The second kappa shape index (κ2) is 7.37. The number of aromatic nitrogens is 1. The van der Waals surface area contributed by atoms with Gasteiger partial charge in [-0.05, 0) is 43.0 Å². The van der Waals surface area contributed by atoms with Crippen molar-refractivity contribution in [2.24, 2.45) is 0 Å². The van der Waals surface area contributed by atoms with Gasteiger partial charge in [-0.1, -0.05) is 6.07 Å². The molecule has 2 fully saturated rings. The first-order valence-corrected chi connectivity index (χ1v) is 8.88. The summed E-state index contributed by atoms with van der Waals surface area (Å²) in [7, 11) is 0. The summed E-state index contributed by atoms with van der Waals surface area (Å²) in [6.45, 7) is 2.31.